The normalized spacial score (nSPS) is 22.8. The quantitative estimate of drug-likeness (QED) is 0.676. The van der Waals surface area contributed by atoms with E-state index in [1.54, 1.807) is 14.2 Å². The van der Waals surface area contributed by atoms with Crippen molar-refractivity contribution in [3.05, 3.63) is 23.3 Å². The number of fused-ring (bicyclic) bond motifs is 1. The van der Waals surface area contributed by atoms with E-state index in [0.29, 0.717) is 0 Å². The molecular weight excluding hydrogens is 250 g/mol. The Morgan fingerprint density at radius 3 is 2.39 bits per heavy atom. The smallest absolute Gasteiger partial charge is 0.161 e. The van der Waals surface area contributed by atoms with E-state index < -0.39 is 5.00 Å². The molecule has 2 rings (SSSR count). The Morgan fingerprint density at radius 2 is 1.83 bits per heavy atom. The van der Waals surface area contributed by atoms with Crippen LogP contribution in [0.15, 0.2) is 12.1 Å². The molecule has 3 nitrogen and oxygen atoms in total. The third kappa shape index (κ3) is 2.06. The lowest BCUT2D eigenvalue weighted by molar-refractivity contribution is 0.328. The van der Waals surface area contributed by atoms with Crippen molar-refractivity contribution >= 4 is 11.6 Å². The number of ether oxygens (including phenoxy) is 2. The van der Waals surface area contributed by atoms with Crippen LogP contribution in [0.25, 0.3) is 0 Å². The van der Waals surface area contributed by atoms with Gasteiger partial charge in [-0.25, -0.2) is 0 Å². The van der Waals surface area contributed by atoms with Crippen molar-refractivity contribution in [1.29, 1.82) is 0 Å². The average molecular weight is 270 g/mol. The summed E-state index contributed by atoms with van der Waals surface area (Å²) in [7, 11) is 3.30. The van der Waals surface area contributed by atoms with Crippen molar-refractivity contribution in [3.63, 3.8) is 0 Å². The second kappa shape index (κ2) is 4.98. The summed E-state index contributed by atoms with van der Waals surface area (Å²) in [6.45, 7) is 5.11. The molecule has 0 saturated heterocycles. The molecule has 1 aromatic carbocycles. The molecule has 4 heteroatoms. The minimum absolute atomic E-state index is 0.288. The van der Waals surface area contributed by atoms with Gasteiger partial charge in [0.05, 0.1) is 14.2 Å². The molecule has 0 spiro atoms. The predicted molar refractivity (Wildman–Crippen MR) is 73.6 cm³/mol. The lowest BCUT2D eigenvalue weighted by Crippen LogP contribution is -2.46. The van der Waals surface area contributed by atoms with E-state index in [0.717, 1.165) is 30.0 Å². The van der Waals surface area contributed by atoms with Crippen molar-refractivity contribution in [1.82, 2.24) is 5.32 Å². The Hall–Kier alpha value is -0.930. The highest BCUT2D eigenvalue weighted by Crippen LogP contribution is 2.43. The number of hydrogen-bond acceptors (Lipinski definition) is 3. The largest absolute Gasteiger partial charge is 0.493 e. The van der Waals surface area contributed by atoms with Gasteiger partial charge in [0.1, 0.15) is 5.00 Å². The van der Waals surface area contributed by atoms with Crippen LogP contribution in [0.5, 0.6) is 11.5 Å². The average Bonchev–Trinajstić information content (AvgIpc) is 2.37. The monoisotopic (exact) mass is 269 g/mol. The first-order valence-corrected chi connectivity index (χ1v) is 6.60. The van der Waals surface area contributed by atoms with E-state index >= 15 is 0 Å². The highest BCUT2D eigenvalue weighted by atomic mass is 35.5. The summed E-state index contributed by atoms with van der Waals surface area (Å²) in [5.74, 6) is 1.78. The zero-order valence-corrected chi connectivity index (χ0v) is 12.1. The van der Waals surface area contributed by atoms with Crippen LogP contribution in [-0.2, 0) is 11.4 Å². The number of benzene rings is 1. The Kier molecular flexibility index (Phi) is 3.74. The number of hydrogen-bond donors (Lipinski definition) is 1. The summed E-state index contributed by atoms with van der Waals surface area (Å²) < 4.78 is 10.7. The maximum absolute atomic E-state index is 6.76. The molecule has 0 aliphatic carbocycles. The van der Waals surface area contributed by atoms with Gasteiger partial charge in [0.15, 0.2) is 11.5 Å². The van der Waals surface area contributed by atoms with Crippen LogP contribution in [0.3, 0.4) is 0 Å². The van der Waals surface area contributed by atoms with Crippen molar-refractivity contribution in [2.75, 3.05) is 20.8 Å². The Morgan fingerprint density at radius 1 is 1.22 bits per heavy atom. The van der Waals surface area contributed by atoms with Crippen LogP contribution < -0.4 is 14.8 Å². The number of nitrogens with one attached hydrogen (secondary N) is 1. The summed E-state index contributed by atoms with van der Waals surface area (Å²) in [6.07, 6.45) is 0.955. The SMILES string of the molecule is COc1cc2c(cc1OC)C(Cl)(C(C)C)NCC2. The first-order valence-electron chi connectivity index (χ1n) is 6.22. The number of alkyl halides is 1. The van der Waals surface area contributed by atoms with Gasteiger partial charge < -0.3 is 9.47 Å². The van der Waals surface area contributed by atoms with Crippen molar-refractivity contribution < 1.29 is 9.47 Å². The molecular formula is C14H20ClNO2. The van der Waals surface area contributed by atoms with Gasteiger partial charge in [0.25, 0.3) is 0 Å². The number of rotatable bonds is 3. The van der Waals surface area contributed by atoms with Gasteiger partial charge >= 0.3 is 0 Å². The summed E-state index contributed by atoms with van der Waals surface area (Å²) in [5, 5.41) is 3.41. The molecule has 1 N–H and O–H groups in total. The fourth-order valence-electron chi connectivity index (χ4n) is 2.46. The summed E-state index contributed by atoms with van der Waals surface area (Å²) in [5.41, 5.74) is 2.33. The van der Waals surface area contributed by atoms with Crippen LogP contribution in [-0.4, -0.2) is 20.8 Å². The van der Waals surface area contributed by atoms with Crippen molar-refractivity contribution in [3.8, 4) is 11.5 Å². The minimum atomic E-state index is -0.521. The molecule has 1 heterocycles. The van der Waals surface area contributed by atoms with Crippen LogP contribution in [0.2, 0.25) is 0 Å². The molecule has 0 radical (unpaired) electrons. The topological polar surface area (TPSA) is 30.5 Å². The summed E-state index contributed by atoms with van der Waals surface area (Å²) >= 11 is 6.76. The van der Waals surface area contributed by atoms with Crippen LogP contribution in [0.4, 0.5) is 0 Å². The van der Waals surface area contributed by atoms with Gasteiger partial charge in [-0.15, -0.1) is 0 Å². The van der Waals surface area contributed by atoms with E-state index in [4.69, 9.17) is 21.1 Å². The van der Waals surface area contributed by atoms with Gasteiger partial charge in [0, 0.05) is 6.54 Å². The van der Waals surface area contributed by atoms with E-state index in [1.165, 1.54) is 5.56 Å². The number of methoxy groups -OCH3 is 2. The third-order valence-electron chi connectivity index (χ3n) is 3.57. The lowest BCUT2D eigenvalue weighted by Gasteiger charge is -2.38. The van der Waals surface area contributed by atoms with E-state index in [-0.39, 0.29) is 5.92 Å². The molecule has 100 valence electrons. The molecule has 0 saturated carbocycles. The Balaban J connectivity index is 2.57. The van der Waals surface area contributed by atoms with E-state index in [9.17, 15) is 0 Å². The van der Waals surface area contributed by atoms with Gasteiger partial charge in [-0.05, 0) is 35.6 Å². The molecule has 0 fully saturated rings. The first kappa shape index (κ1) is 13.5. The van der Waals surface area contributed by atoms with Crippen LogP contribution in [0.1, 0.15) is 25.0 Å². The lowest BCUT2D eigenvalue weighted by atomic mass is 9.87. The van der Waals surface area contributed by atoms with E-state index in [1.807, 2.05) is 12.1 Å². The Labute approximate surface area is 113 Å². The minimum Gasteiger partial charge on any atom is -0.493 e. The predicted octanol–water partition coefficient (Wildman–Crippen LogP) is 2.90. The molecule has 1 aliphatic rings. The zero-order valence-electron chi connectivity index (χ0n) is 11.3. The molecule has 1 aliphatic heterocycles. The molecule has 1 atom stereocenters. The van der Waals surface area contributed by atoms with Crippen molar-refractivity contribution in [2.45, 2.75) is 25.3 Å². The Bertz CT molecular complexity index is 448. The van der Waals surface area contributed by atoms with Gasteiger partial charge in [0.2, 0.25) is 0 Å². The zero-order chi connectivity index (χ0) is 13.3. The maximum Gasteiger partial charge on any atom is 0.161 e. The molecule has 0 bridgehead atoms. The van der Waals surface area contributed by atoms with Crippen molar-refractivity contribution in [2.24, 2.45) is 5.92 Å². The van der Waals surface area contributed by atoms with Gasteiger partial charge in [-0.2, -0.15) is 0 Å². The highest BCUT2D eigenvalue weighted by Gasteiger charge is 2.38. The summed E-state index contributed by atoms with van der Waals surface area (Å²) in [4.78, 5) is -0.521. The fourth-order valence-corrected chi connectivity index (χ4v) is 2.73. The standard InChI is InChI=1S/C14H20ClNO2/c1-9(2)14(15)11-8-13(18-4)12(17-3)7-10(11)5-6-16-14/h7-9,16H,5-6H2,1-4H3. The molecule has 0 aromatic heterocycles. The molecule has 0 amide bonds. The first-order chi connectivity index (χ1) is 8.52. The maximum atomic E-state index is 6.76. The highest BCUT2D eigenvalue weighted by molar-refractivity contribution is 6.24. The second-order valence-corrected chi connectivity index (χ2v) is 5.50. The molecule has 1 aromatic rings. The van der Waals surface area contributed by atoms with E-state index in [2.05, 4.69) is 19.2 Å². The molecule has 1 unspecified atom stereocenters. The second-order valence-electron chi connectivity index (χ2n) is 4.91. The van der Waals surface area contributed by atoms with Gasteiger partial charge in [-0.1, -0.05) is 25.4 Å². The summed E-state index contributed by atoms with van der Waals surface area (Å²) in [6, 6.07) is 4.03. The van der Waals surface area contributed by atoms with Crippen LogP contribution in [0, 0.1) is 5.92 Å². The fraction of sp³-hybridized carbons (Fsp3) is 0.571. The molecule has 18 heavy (non-hydrogen) atoms. The van der Waals surface area contributed by atoms with Gasteiger partial charge in [-0.3, -0.25) is 5.32 Å². The third-order valence-corrected chi connectivity index (χ3v) is 4.35. The van der Waals surface area contributed by atoms with Crippen LogP contribution >= 0.6 is 11.6 Å². The number of halogens is 1.